The van der Waals surface area contributed by atoms with E-state index in [0.29, 0.717) is 17.0 Å². The molecule has 0 amide bonds. The number of benzene rings is 4. The summed E-state index contributed by atoms with van der Waals surface area (Å²) in [6, 6.07) is 41.3. The van der Waals surface area contributed by atoms with Gasteiger partial charge in [0.2, 0.25) is 0 Å². The Balaban J connectivity index is 2.07. The molecule has 0 fully saturated rings. The van der Waals surface area contributed by atoms with Gasteiger partial charge in [0.1, 0.15) is 17.5 Å². The molecule has 0 saturated carbocycles. The lowest BCUT2D eigenvalue weighted by molar-refractivity contribution is -0.139. The molecule has 0 aliphatic heterocycles. The molecular weight excluding hydrogens is 456 g/mol. The van der Waals surface area contributed by atoms with Crippen molar-refractivity contribution in [2.45, 2.75) is 6.92 Å². The Labute approximate surface area is 218 Å². The highest BCUT2D eigenvalue weighted by atomic mass is 16.5. The molecule has 0 aliphatic rings. The maximum Gasteiger partial charge on any atom is 0.355 e. The molecular formula is C33H28N2O2. The first kappa shape index (κ1) is 25.2. The van der Waals surface area contributed by atoms with E-state index < -0.39 is 5.97 Å². The molecule has 0 saturated heterocycles. The van der Waals surface area contributed by atoms with Gasteiger partial charge < -0.3 is 9.64 Å². The van der Waals surface area contributed by atoms with E-state index in [2.05, 4.69) is 6.07 Å². The fourth-order valence-electron chi connectivity index (χ4n) is 4.32. The van der Waals surface area contributed by atoms with Crippen molar-refractivity contribution in [3.8, 4) is 6.07 Å². The van der Waals surface area contributed by atoms with Crippen LogP contribution in [-0.2, 0) is 9.53 Å². The third kappa shape index (κ3) is 5.69. The van der Waals surface area contributed by atoms with Gasteiger partial charge in [0.25, 0.3) is 0 Å². The van der Waals surface area contributed by atoms with Gasteiger partial charge in [0.05, 0.1) is 6.61 Å². The van der Waals surface area contributed by atoms with Crippen molar-refractivity contribution in [2.75, 3.05) is 13.7 Å². The summed E-state index contributed by atoms with van der Waals surface area (Å²) < 4.78 is 5.56. The van der Waals surface area contributed by atoms with Gasteiger partial charge in [-0.1, -0.05) is 121 Å². The van der Waals surface area contributed by atoms with Crippen LogP contribution < -0.4 is 0 Å². The first-order chi connectivity index (χ1) is 18.2. The van der Waals surface area contributed by atoms with E-state index in [1.807, 2.05) is 121 Å². The summed E-state index contributed by atoms with van der Waals surface area (Å²) >= 11 is 0. The Kier molecular flexibility index (Phi) is 8.31. The Morgan fingerprint density at radius 3 is 1.35 bits per heavy atom. The van der Waals surface area contributed by atoms with E-state index in [-0.39, 0.29) is 6.61 Å². The highest BCUT2D eigenvalue weighted by Gasteiger charge is 2.28. The number of hydrogen-bond acceptors (Lipinski definition) is 4. The fraction of sp³-hybridized carbons (Fsp3) is 0.0909. The van der Waals surface area contributed by atoms with Crippen molar-refractivity contribution in [3.05, 3.63) is 155 Å². The molecule has 37 heavy (non-hydrogen) atoms. The highest BCUT2D eigenvalue weighted by molar-refractivity contribution is 6.02. The molecule has 182 valence electrons. The SMILES string of the molecule is CCOC(=O)C(=C(c1ccccc1)c1ccccc1)N(C)C(C#N)=C(c1ccccc1)c1ccccc1. The lowest BCUT2D eigenvalue weighted by Crippen LogP contribution is -2.27. The smallest absolute Gasteiger partial charge is 0.355 e. The Hall–Kier alpha value is -4.88. The monoisotopic (exact) mass is 484 g/mol. The van der Waals surface area contributed by atoms with Gasteiger partial charge >= 0.3 is 5.97 Å². The van der Waals surface area contributed by atoms with Crippen molar-refractivity contribution < 1.29 is 9.53 Å². The number of nitrogens with zero attached hydrogens (tertiary/aromatic N) is 2. The van der Waals surface area contributed by atoms with Gasteiger partial charge in [-0.25, -0.2) is 4.79 Å². The molecule has 0 heterocycles. The van der Waals surface area contributed by atoms with E-state index in [0.717, 1.165) is 27.8 Å². The number of carbonyl (C=O) groups excluding carboxylic acids is 1. The molecule has 4 heteroatoms. The van der Waals surface area contributed by atoms with E-state index in [4.69, 9.17) is 4.74 Å². The van der Waals surface area contributed by atoms with Crippen LogP contribution in [0.4, 0.5) is 0 Å². The number of rotatable bonds is 8. The van der Waals surface area contributed by atoms with Gasteiger partial charge in [-0.3, -0.25) is 0 Å². The van der Waals surface area contributed by atoms with Crippen LogP contribution in [0.15, 0.2) is 133 Å². The van der Waals surface area contributed by atoms with Crippen molar-refractivity contribution in [2.24, 2.45) is 0 Å². The molecule has 0 N–H and O–H groups in total. The summed E-state index contributed by atoms with van der Waals surface area (Å²) in [6.45, 7) is 1.99. The minimum Gasteiger partial charge on any atom is -0.461 e. The predicted molar refractivity (Wildman–Crippen MR) is 148 cm³/mol. The van der Waals surface area contributed by atoms with Gasteiger partial charge in [-0.05, 0) is 29.2 Å². The number of ether oxygens (including phenoxy) is 1. The Bertz CT molecular complexity index is 1350. The number of hydrogen-bond donors (Lipinski definition) is 0. The van der Waals surface area contributed by atoms with Crippen LogP contribution in [0.1, 0.15) is 29.2 Å². The standard InChI is InChI=1S/C33H28N2O2/c1-3-37-33(36)32(31(27-20-12-6-13-21-27)28-22-14-7-15-23-28)35(2)29(24-34)30(25-16-8-4-9-17-25)26-18-10-5-11-19-26/h4-23H,3H2,1-2H3. The Morgan fingerprint density at radius 1 is 0.676 bits per heavy atom. The number of likely N-dealkylation sites (N-methyl/N-ethyl adjacent to an activating group) is 1. The third-order valence-corrected chi connectivity index (χ3v) is 5.97. The van der Waals surface area contributed by atoms with Crippen molar-refractivity contribution in [3.63, 3.8) is 0 Å². The number of esters is 1. The van der Waals surface area contributed by atoms with Crippen LogP contribution in [0.25, 0.3) is 11.1 Å². The lowest BCUT2D eigenvalue weighted by Gasteiger charge is -2.26. The van der Waals surface area contributed by atoms with Crippen LogP contribution in [0, 0.1) is 11.3 Å². The highest BCUT2D eigenvalue weighted by Crippen LogP contribution is 2.34. The average molecular weight is 485 g/mol. The molecule has 4 aromatic rings. The molecule has 4 aromatic carbocycles. The first-order valence-corrected chi connectivity index (χ1v) is 12.2. The fourth-order valence-corrected chi connectivity index (χ4v) is 4.32. The zero-order chi connectivity index (χ0) is 26.0. The number of carbonyl (C=O) groups is 1. The van der Waals surface area contributed by atoms with Crippen molar-refractivity contribution in [1.29, 1.82) is 5.26 Å². The minimum absolute atomic E-state index is 0.211. The topological polar surface area (TPSA) is 53.3 Å². The lowest BCUT2D eigenvalue weighted by atomic mass is 9.93. The van der Waals surface area contributed by atoms with Gasteiger partial charge in [0.15, 0.2) is 0 Å². The second-order valence-corrected chi connectivity index (χ2v) is 8.30. The molecule has 0 unspecified atom stereocenters. The van der Waals surface area contributed by atoms with Crippen LogP contribution >= 0.6 is 0 Å². The van der Waals surface area contributed by atoms with E-state index >= 15 is 0 Å². The summed E-state index contributed by atoms with van der Waals surface area (Å²) in [5.74, 6) is -0.499. The molecule has 0 aromatic heterocycles. The maximum atomic E-state index is 13.6. The quantitative estimate of drug-likeness (QED) is 0.155. The minimum atomic E-state index is -0.499. The molecule has 0 atom stereocenters. The zero-order valence-corrected chi connectivity index (χ0v) is 21.0. The summed E-state index contributed by atoms with van der Waals surface area (Å²) in [6.07, 6.45) is 0. The largest absolute Gasteiger partial charge is 0.461 e. The molecule has 0 spiro atoms. The predicted octanol–water partition coefficient (Wildman–Crippen LogP) is 6.92. The van der Waals surface area contributed by atoms with Gasteiger partial charge in [-0.2, -0.15) is 5.26 Å². The van der Waals surface area contributed by atoms with E-state index in [1.54, 1.807) is 18.9 Å². The number of nitriles is 1. The summed E-state index contributed by atoms with van der Waals surface area (Å²) in [5.41, 5.74) is 5.50. The van der Waals surface area contributed by atoms with Crippen LogP contribution in [-0.4, -0.2) is 24.5 Å². The normalized spacial score (nSPS) is 10.1. The first-order valence-electron chi connectivity index (χ1n) is 12.2. The van der Waals surface area contributed by atoms with Crippen LogP contribution in [0.5, 0.6) is 0 Å². The molecule has 0 bridgehead atoms. The molecule has 4 nitrogen and oxygen atoms in total. The van der Waals surface area contributed by atoms with Crippen molar-refractivity contribution in [1.82, 2.24) is 4.90 Å². The summed E-state index contributed by atoms with van der Waals surface area (Å²) in [4.78, 5) is 15.3. The Morgan fingerprint density at radius 2 is 1.03 bits per heavy atom. The van der Waals surface area contributed by atoms with E-state index in [9.17, 15) is 10.1 Å². The average Bonchev–Trinajstić information content (AvgIpc) is 2.96. The van der Waals surface area contributed by atoms with Crippen molar-refractivity contribution >= 4 is 17.1 Å². The second-order valence-electron chi connectivity index (χ2n) is 8.30. The van der Waals surface area contributed by atoms with Crippen LogP contribution in [0.3, 0.4) is 0 Å². The molecule has 0 radical (unpaired) electrons. The summed E-state index contributed by atoms with van der Waals surface area (Å²) in [7, 11) is 1.75. The third-order valence-electron chi connectivity index (χ3n) is 5.97. The number of allylic oxidation sites excluding steroid dienone is 1. The zero-order valence-electron chi connectivity index (χ0n) is 21.0. The maximum absolute atomic E-state index is 13.6. The molecule has 0 aliphatic carbocycles. The summed E-state index contributed by atoms with van der Waals surface area (Å²) in [5, 5.41) is 10.5. The van der Waals surface area contributed by atoms with Gasteiger partial charge in [0, 0.05) is 18.2 Å². The molecule has 4 rings (SSSR count). The van der Waals surface area contributed by atoms with E-state index in [1.165, 1.54) is 0 Å². The van der Waals surface area contributed by atoms with Crippen LogP contribution in [0.2, 0.25) is 0 Å². The second kappa shape index (κ2) is 12.2. The van der Waals surface area contributed by atoms with Gasteiger partial charge in [-0.15, -0.1) is 0 Å².